The Bertz CT molecular complexity index is 468. The molecule has 0 amide bonds. The lowest BCUT2D eigenvalue weighted by Gasteiger charge is -2.24. The molecule has 1 aliphatic carbocycles. The molecule has 20 heavy (non-hydrogen) atoms. The van der Waals surface area contributed by atoms with Crippen LogP contribution in [0.25, 0.3) is 0 Å². The van der Waals surface area contributed by atoms with Crippen LogP contribution in [0.15, 0.2) is 12.2 Å². The molecule has 1 heterocycles. The van der Waals surface area contributed by atoms with E-state index in [9.17, 15) is 0 Å². The number of halogens is 1. The normalized spacial score (nSPS) is 21.8. The van der Waals surface area contributed by atoms with Crippen LogP contribution in [-0.2, 0) is 0 Å². The molecule has 0 saturated heterocycles. The van der Waals surface area contributed by atoms with Crippen molar-refractivity contribution in [1.82, 2.24) is 15.0 Å². The van der Waals surface area contributed by atoms with E-state index in [2.05, 4.69) is 34.0 Å². The van der Waals surface area contributed by atoms with Crippen molar-refractivity contribution in [2.45, 2.75) is 33.1 Å². The van der Waals surface area contributed by atoms with Crippen LogP contribution >= 0.6 is 11.6 Å². The van der Waals surface area contributed by atoms with Crippen LogP contribution in [0.5, 0.6) is 12.0 Å². The highest BCUT2D eigenvalue weighted by Gasteiger charge is 2.19. The molecule has 6 heteroatoms. The Morgan fingerprint density at radius 3 is 2.55 bits per heavy atom. The van der Waals surface area contributed by atoms with Crippen molar-refractivity contribution in [2.24, 2.45) is 11.8 Å². The molecule has 2 unspecified atom stereocenters. The minimum Gasteiger partial charge on any atom is -0.463 e. The van der Waals surface area contributed by atoms with E-state index >= 15 is 0 Å². The number of allylic oxidation sites excluding steroid dienone is 2. The molecule has 2 rings (SSSR count). The van der Waals surface area contributed by atoms with E-state index in [1.165, 1.54) is 0 Å². The summed E-state index contributed by atoms with van der Waals surface area (Å²) in [5, 5.41) is 0.0951. The van der Waals surface area contributed by atoms with E-state index in [4.69, 9.17) is 21.1 Å². The zero-order chi connectivity index (χ0) is 14.4. The quantitative estimate of drug-likeness (QED) is 0.754. The smallest absolute Gasteiger partial charge is 0.323 e. The van der Waals surface area contributed by atoms with Gasteiger partial charge in [-0.05, 0) is 42.7 Å². The fourth-order valence-electron chi connectivity index (χ4n) is 2.06. The Kier molecular flexibility index (Phi) is 5.59. The predicted octanol–water partition coefficient (Wildman–Crippen LogP) is 3.29. The minimum atomic E-state index is 0.0951. The molecule has 0 aliphatic heterocycles. The van der Waals surface area contributed by atoms with Gasteiger partial charge in [0.1, 0.15) is 0 Å². The minimum absolute atomic E-state index is 0.0951. The van der Waals surface area contributed by atoms with Crippen LogP contribution in [0.2, 0.25) is 5.28 Å². The molecule has 0 spiro atoms. The maximum Gasteiger partial charge on any atom is 0.323 e. The molecule has 2 atom stereocenters. The van der Waals surface area contributed by atoms with Gasteiger partial charge in [-0.25, -0.2) is 0 Å². The van der Waals surface area contributed by atoms with Crippen molar-refractivity contribution >= 4 is 11.6 Å². The van der Waals surface area contributed by atoms with Crippen molar-refractivity contribution in [3.63, 3.8) is 0 Å². The third-order valence-corrected chi connectivity index (χ3v) is 3.52. The van der Waals surface area contributed by atoms with Gasteiger partial charge in [-0.1, -0.05) is 26.0 Å². The number of ether oxygens (including phenoxy) is 2. The first-order chi connectivity index (χ1) is 9.69. The van der Waals surface area contributed by atoms with E-state index in [0.29, 0.717) is 25.0 Å². The van der Waals surface area contributed by atoms with Crippen LogP contribution in [0.3, 0.4) is 0 Å². The number of hydrogen-bond donors (Lipinski definition) is 0. The summed E-state index contributed by atoms with van der Waals surface area (Å²) >= 11 is 5.85. The van der Waals surface area contributed by atoms with Gasteiger partial charge < -0.3 is 9.47 Å². The van der Waals surface area contributed by atoms with Crippen LogP contribution in [0.1, 0.15) is 33.1 Å². The molecule has 110 valence electrons. The fraction of sp³-hybridized carbons (Fsp3) is 0.643. The van der Waals surface area contributed by atoms with Gasteiger partial charge in [-0.15, -0.1) is 4.98 Å². The van der Waals surface area contributed by atoms with Crippen molar-refractivity contribution in [3.05, 3.63) is 17.4 Å². The molecule has 0 saturated carbocycles. The molecule has 0 bridgehead atoms. The maximum atomic E-state index is 5.85. The standard InChI is InChI=1S/C14H20ClN3O2/c1-3-8-19-13-16-12(15)17-14(18-13)20-9-11-7-5-4-6-10(11)2/h4-5,10-11H,3,6-9H2,1-2H3. The first kappa shape index (κ1) is 15.0. The second-order valence-corrected chi connectivity index (χ2v) is 5.35. The molecule has 0 aromatic carbocycles. The molecule has 1 aromatic heterocycles. The van der Waals surface area contributed by atoms with Crippen LogP contribution in [-0.4, -0.2) is 28.2 Å². The highest BCUT2D eigenvalue weighted by atomic mass is 35.5. The second-order valence-electron chi connectivity index (χ2n) is 5.01. The summed E-state index contributed by atoms with van der Waals surface area (Å²) in [7, 11) is 0. The van der Waals surface area contributed by atoms with Crippen molar-refractivity contribution in [2.75, 3.05) is 13.2 Å². The average molecular weight is 298 g/mol. The Hall–Kier alpha value is -1.36. The summed E-state index contributed by atoms with van der Waals surface area (Å²) in [5.41, 5.74) is 0. The lowest BCUT2D eigenvalue weighted by Crippen LogP contribution is -2.21. The Labute approximate surface area is 124 Å². The molecule has 1 aromatic rings. The number of aromatic nitrogens is 3. The summed E-state index contributed by atoms with van der Waals surface area (Å²) in [6.45, 7) is 5.37. The molecule has 0 N–H and O–H groups in total. The van der Waals surface area contributed by atoms with Crippen LogP contribution in [0, 0.1) is 11.8 Å². The van der Waals surface area contributed by atoms with Crippen molar-refractivity contribution in [3.8, 4) is 12.0 Å². The average Bonchev–Trinajstić information content (AvgIpc) is 2.44. The van der Waals surface area contributed by atoms with E-state index in [0.717, 1.165) is 19.3 Å². The lowest BCUT2D eigenvalue weighted by molar-refractivity contribution is 0.182. The first-order valence-corrected chi connectivity index (χ1v) is 7.39. The Morgan fingerprint density at radius 2 is 1.85 bits per heavy atom. The maximum absolute atomic E-state index is 5.85. The van der Waals surface area contributed by atoms with Crippen molar-refractivity contribution < 1.29 is 9.47 Å². The van der Waals surface area contributed by atoms with Gasteiger partial charge in [0.15, 0.2) is 0 Å². The number of nitrogens with zero attached hydrogens (tertiary/aromatic N) is 3. The van der Waals surface area contributed by atoms with E-state index in [1.54, 1.807) is 0 Å². The summed E-state index contributed by atoms with van der Waals surface area (Å²) in [6.07, 6.45) is 7.42. The molecule has 0 radical (unpaired) electrons. The largest absolute Gasteiger partial charge is 0.463 e. The third kappa shape index (κ3) is 4.34. The van der Waals surface area contributed by atoms with Crippen LogP contribution < -0.4 is 9.47 Å². The predicted molar refractivity (Wildman–Crippen MR) is 77.1 cm³/mol. The van der Waals surface area contributed by atoms with Crippen molar-refractivity contribution in [1.29, 1.82) is 0 Å². The first-order valence-electron chi connectivity index (χ1n) is 7.01. The van der Waals surface area contributed by atoms with Gasteiger partial charge in [-0.3, -0.25) is 0 Å². The van der Waals surface area contributed by atoms with E-state index in [-0.39, 0.29) is 17.3 Å². The molecular formula is C14H20ClN3O2. The summed E-state index contributed by atoms with van der Waals surface area (Å²) in [6, 6.07) is 0.455. The molecule has 5 nitrogen and oxygen atoms in total. The van der Waals surface area contributed by atoms with Gasteiger partial charge in [0.25, 0.3) is 0 Å². The van der Waals surface area contributed by atoms with Gasteiger partial charge in [0.2, 0.25) is 5.28 Å². The topological polar surface area (TPSA) is 57.1 Å². The monoisotopic (exact) mass is 297 g/mol. The van der Waals surface area contributed by atoms with Gasteiger partial charge in [0.05, 0.1) is 13.2 Å². The Morgan fingerprint density at radius 1 is 1.15 bits per heavy atom. The number of rotatable bonds is 6. The molecule has 0 fully saturated rings. The van der Waals surface area contributed by atoms with E-state index < -0.39 is 0 Å². The molecule has 1 aliphatic rings. The summed E-state index contributed by atoms with van der Waals surface area (Å²) in [4.78, 5) is 12.0. The zero-order valence-electron chi connectivity index (χ0n) is 11.9. The number of hydrogen-bond acceptors (Lipinski definition) is 5. The fourth-order valence-corrected chi connectivity index (χ4v) is 2.20. The lowest BCUT2D eigenvalue weighted by atomic mass is 9.85. The highest BCUT2D eigenvalue weighted by Crippen LogP contribution is 2.25. The third-order valence-electron chi connectivity index (χ3n) is 3.35. The zero-order valence-corrected chi connectivity index (χ0v) is 12.6. The Balaban J connectivity index is 1.94. The van der Waals surface area contributed by atoms with Gasteiger partial charge in [0, 0.05) is 0 Å². The SMILES string of the molecule is CCCOc1nc(Cl)nc(OCC2CC=CCC2C)n1. The van der Waals surface area contributed by atoms with Crippen LogP contribution in [0.4, 0.5) is 0 Å². The van der Waals surface area contributed by atoms with Gasteiger partial charge in [-0.2, -0.15) is 9.97 Å². The highest BCUT2D eigenvalue weighted by molar-refractivity contribution is 6.28. The summed E-state index contributed by atoms with van der Waals surface area (Å²) in [5.74, 6) is 1.09. The second kappa shape index (κ2) is 7.43. The van der Waals surface area contributed by atoms with Gasteiger partial charge >= 0.3 is 12.0 Å². The summed E-state index contributed by atoms with van der Waals surface area (Å²) < 4.78 is 11.0. The van der Waals surface area contributed by atoms with E-state index in [1.807, 2.05) is 6.92 Å². The molecular weight excluding hydrogens is 278 g/mol.